The topological polar surface area (TPSA) is 70.2 Å². The van der Waals surface area contributed by atoms with Gasteiger partial charge in [-0.15, -0.1) is 11.8 Å². The van der Waals surface area contributed by atoms with Crippen molar-refractivity contribution in [2.45, 2.75) is 11.4 Å². The van der Waals surface area contributed by atoms with Crippen LogP contribution in [0.5, 0.6) is 0 Å². The Morgan fingerprint density at radius 1 is 0.833 bits per heavy atom. The predicted molar refractivity (Wildman–Crippen MR) is 118 cm³/mol. The Hall–Kier alpha value is -3.32. The number of carbonyl (C=O) groups excluding carboxylic acids is 2. The monoisotopic (exact) mass is 423 g/mol. The molecule has 7 heteroatoms. The lowest BCUT2D eigenvalue weighted by atomic mass is 10.1. The molecule has 0 fully saturated rings. The highest BCUT2D eigenvalue weighted by Gasteiger charge is 2.07. The molecule has 0 aliphatic rings. The summed E-state index contributed by atoms with van der Waals surface area (Å²) in [5.41, 5.74) is 1.88. The number of thioether (sulfide) groups is 1. The van der Waals surface area contributed by atoms with Gasteiger partial charge in [0.1, 0.15) is 5.82 Å². The van der Waals surface area contributed by atoms with Crippen LogP contribution in [0.25, 0.3) is 0 Å². The van der Waals surface area contributed by atoms with Crippen molar-refractivity contribution in [3.8, 4) is 0 Å². The van der Waals surface area contributed by atoms with Crippen LogP contribution in [0.2, 0.25) is 0 Å². The van der Waals surface area contributed by atoms with E-state index in [4.69, 9.17) is 0 Å². The Labute approximate surface area is 179 Å². The summed E-state index contributed by atoms with van der Waals surface area (Å²) in [6.45, 7) is 0.845. The molecular formula is C23H22FN3O2S. The van der Waals surface area contributed by atoms with Crippen LogP contribution >= 0.6 is 11.8 Å². The number of amides is 3. The Morgan fingerprint density at radius 2 is 1.53 bits per heavy atom. The predicted octanol–water partition coefficient (Wildman–Crippen LogP) is 4.67. The molecule has 5 nitrogen and oxygen atoms in total. The Bertz CT molecular complexity index is 964. The molecule has 0 saturated heterocycles. The SMILES string of the molecule is O=C(NCCSc1ccccc1)Nc1ccc(C(=O)NCc2ccc(F)cc2)cc1. The summed E-state index contributed by atoms with van der Waals surface area (Å²) in [6.07, 6.45) is 0. The van der Waals surface area contributed by atoms with E-state index in [9.17, 15) is 14.0 Å². The maximum Gasteiger partial charge on any atom is 0.319 e. The Balaban J connectivity index is 1.39. The van der Waals surface area contributed by atoms with Gasteiger partial charge in [-0.05, 0) is 54.1 Å². The minimum absolute atomic E-state index is 0.242. The van der Waals surface area contributed by atoms with Gasteiger partial charge in [0, 0.05) is 35.0 Å². The lowest BCUT2D eigenvalue weighted by Crippen LogP contribution is -2.30. The molecule has 3 rings (SSSR count). The largest absolute Gasteiger partial charge is 0.348 e. The summed E-state index contributed by atoms with van der Waals surface area (Å²) < 4.78 is 12.9. The van der Waals surface area contributed by atoms with Crippen LogP contribution in [-0.2, 0) is 6.54 Å². The number of nitrogens with one attached hydrogen (secondary N) is 3. The number of anilines is 1. The van der Waals surface area contributed by atoms with Crippen LogP contribution in [-0.4, -0.2) is 24.2 Å². The summed E-state index contributed by atoms with van der Waals surface area (Å²) in [4.78, 5) is 25.4. The Morgan fingerprint density at radius 3 is 2.23 bits per heavy atom. The first-order chi connectivity index (χ1) is 14.6. The molecule has 0 aliphatic carbocycles. The molecule has 3 amide bonds. The van der Waals surface area contributed by atoms with E-state index in [2.05, 4.69) is 16.0 Å². The fraction of sp³-hybridized carbons (Fsp3) is 0.130. The smallest absolute Gasteiger partial charge is 0.319 e. The zero-order valence-corrected chi connectivity index (χ0v) is 17.0. The molecule has 0 unspecified atom stereocenters. The number of urea groups is 1. The van der Waals surface area contributed by atoms with Gasteiger partial charge >= 0.3 is 6.03 Å². The van der Waals surface area contributed by atoms with E-state index in [-0.39, 0.29) is 17.8 Å². The molecule has 0 atom stereocenters. The highest BCUT2D eigenvalue weighted by molar-refractivity contribution is 7.99. The maximum absolute atomic E-state index is 12.9. The number of rotatable bonds is 8. The summed E-state index contributed by atoms with van der Waals surface area (Å²) in [6, 6.07) is 22.3. The first-order valence-electron chi connectivity index (χ1n) is 9.45. The van der Waals surface area contributed by atoms with Gasteiger partial charge in [-0.25, -0.2) is 9.18 Å². The van der Waals surface area contributed by atoms with Gasteiger partial charge in [0.15, 0.2) is 0 Å². The van der Waals surface area contributed by atoms with Gasteiger partial charge in [0.05, 0.1) is 0 Å². The van der Waals surface area contributed by atoms with Crippen molar-refractivity contribution < 1.29 is 14.0 Å². The van der Waals surface area contributed by atoms with Crippen molar-refractivity contribution in [1.82, 2.24) is 10.6 Å². The van der Waals surface area contributed by atoms with Gasteiger partial charge in [-0.3, -0.25) is 4.79 Å². The van der Waals surface area contributed by atoms with E-state index in [0.29, 0.717) is 24.3 Å². The number of carbonyl (C=O) groups is 2. The molecule has 154 valence electrons. The van der Waals surface area contributed by atoms with E-state index in [1.807, 2.05) is 30.3 Å². The zero-order chi connectivity index (χ0) is 21.2. The standard InChI is InChI=1S/C23H22FN3O2S/c24-19-10-6-17(7-11-19)16-26-22(28)18-8-12-20(13-9-18)27-23(29)25-14-15-30-21-4-2-1-3-5-21/h1-13H,14-16H2,(H,26,28)(H2,25,27,29). The molecule has 0 spiro atoms. The molecule has 0 bridgehead atoms. The van der Waals surface area contributed by atoms with Crippen LogP contribution in [0.3, 0.4) is 0 Å². The molecule has 0 radical (unpaired) electrons. The minimum atomic E-state index is -0.313. The summed E-state index contributed by atoms with van der Waals surface area (Å²) in [5, 5.41) is 8.33. The molecule has 0 aromatic heterocycles. The van der Waals surface area contributed by atoms with E-state index in [1.54, 1.807) is 48.2 Å². The van der Waals surface area contributed by atoms with Crippen LogP contribution in [0, 0.1) is 5.82 Å². The molecular weight excluding hydrogens is 401 g/mol. The first kappa shape index (κ1) is 21.4. The molecule has 3 aromatic carbocycles. The van der Waals surface area contributed by atoms with Crippen LogP contribution in [0.4, 0.5) is 14.9 Å². The fourth-order valence-electron chi connectivity index (χ4n) is 2.62. The minimum Gasteiger partial charge on any atom is -0.348 e. The average Bonchev–Trinajstić information content (AvgIpc) is 2.77. The van der Waals surface area contributed by atoms with Crippen LogP contribution in [0.1, 0.15) is 15.9 Å². The summed E-state index contributed by atoms with van der Waals surface area (Å²) >= 11 is 1.67. The number of benzene rings is 3. The fourth-order valence-corrected chi connectivity index (χ4v) is 3.41. The summed E-state index contributed by atoms with van der Waals surface area (Å²) in [7, 11) is 0. The Kier molecular flexibility index (Phi) is 7.86. The van der Waals surface area contributed by atoms with Crippen molar-refractivity contribution in [1.29, 1.82) is 0 Å². The average molecular weight is 424 g/mol. The second-order valence-corrected chi connectivity index (χ2v) is 7.60. The highest BCUT2D eigenvalue weighted by Crippen LogP contribution is 2.16. The van der Waals surface area contributed by atoms with Crippen molar-refractivity contribution in [3.63, 3.8) is 0 Å². The highest BCUT2D eigenvalue weighted by atomic mass is 32.2. The number of hydrogen-bond donors (Lipinski definition) is 3. The van der Waals surface area contributed by atoms with Gasteiger partial charge < -0.3 is 16.0 Å². The third kappa shape index (κ3) is 6.93. The molecule has 3 aromatic rings. The van der Waals surface area contributed by atoms with Crippen molar-refractivity contribution in [2.75, 3.05) is 17.6 Å². The van der Waals surface area contributed by atoms with Crippen LogP contribution < -0.4 is 16.0 Å². The number of halogens is 1. The maximum atomic E-state index is 12.9. The third-order valence-corrected chi connectivity index (χ3v) is 5.18. The molecule has 0 aliphatic heterocycles. The van der Waals surface area contributed by atoms with Crippen molar-refractivity contribution in [3.05, 3.63) is 95.8 Å². The second-order valence-electron chi connectivity index (χ2n) is 6.43. The lowest BCUT2D eigenvalue weighted by molar-refractivity contribution is 0.0951. The van der Waals surface area contributed by atoms with Crippen LogP contribution in [0.15, 0.2) is 83.8 Å². The van der Waals surface area contributed by atoms with Crippen molar-refractivity contribution in [2.24, 2.45) is 0 Å². The van der Waals surface area contributed by atoms with E-state index < -0.39 is 0 Å². The first-order valence-corrected chi connectivity index (χ1v) is 10.4. The van der Waals surface area contributed by atoms with Gasteiger partial charge in [0.2, 0.25) is 0 Å². The third-order valence-electron chi connectivity index (χ3n) is 4.17. The zero-order valence-electron chi connectivity index (χ0n) is 16.2. The van der Waals surface area contributed by atoms with Gasteiger partial charge in [-0.2, -0.15) is 0 Å². The summed E-state index contributed by atoms with van der Waals surface area (Å²) in [5.74, 6) is 0.213. The molecule has 3 N–H and O–H groups in total. The van der Waals surface area contributed by atoms with E-state index in [0.717, 1.165) is 16.2 Å². The normalized spacial score (nSPS) is 10.3. The number of hydrogen-bond acceptors (Lipinski definition) is 3. The lowest BCUT2D eigenvalue weighted by Gasteiger charge is -2.09. The van der Waals surface area contributed by atoms with Crippen molar-refractivity contribution >= 4 is 29.4 Å². The second kappa shape index (κ2) is 11.0. The quantitative estimate of drug-likeness (QED) is 0.364. The van der Waals surface area contributed by atoms with E-state index in [1.165, 1.54) is 12.1 Å². The molecule has 0 heterocycles. The molecule has 30 heavy (non-hydrogen) atoms. The van der Waals surface area contributed by atoms with Gasteiger partial charge in [-0.1, -0.05) is 30.3 Å². The van der Waals surface area contributed by atoms with Gasteiger partial charge in [0.25, 0.3) is 5.91 Å². The molecule has 0 saturated carbocycles. The van der Waals surface area contributed by atoms with E-state index >= 15 is 0 Å².